The lowest BCUT2D eigenvalue weighted by molar-refractivity contribution is -0.384. The predicted octanol–water partition coefficient (Wildman–Crippen LogP) is 2.63. The molecule has 0 aliphatic rings. The second-order valence-corrected chi connectivity index (χ2v) is 5.27. The van der Waals surface area contributed by atoms with Crippen molar-refractivity contribution in [3.63, 3.8) is 0 Å². The summed E-state index contributed by atoms with van der Waals surface area (Å²) < 4.78 is 5.23. The van der Waals surface area contributed by atoms with E-state index in [9.17, 15) is 19.7 Å². The molecule has 0 radical (unpaired) electrons. The van der Waals surface area contributed by atoms with Crippen molar-refractivity contribution in [2.45, 2.75) is 0 Å². The highest BCUT2D eigenvalue weighted by Crippen LogP contribution is 2.21. The largest absolute Gasteiger partial charge is 0.484 e. The van der Waals surface area contributed by atoms with E-state index in [0.717, 1.165) is 0 Å². The van der Waals surface area contributed by atoms with Gasteiger partial charge in [0.25, 0.3) is 17.5 Å². The third kappa shape index (κ3) is 4.92. The van der Waals surface area contributed by atoms with Crippen LogP contribution in [0.3, 0.4) is 0 Å². The van der Waals surface area contributed by atoms with Gasteiger partial charge in [-0.3, -0.25) is 19.7 Å². The van der Waals surface area contributed by atoms with E-state index in [-0.39, 0.29) is 34.5 Å². The number of hydrogen-bond acceptors (Lipinski definition) is 5. The SMILES string of the molecule is CNC(=O)c1cc(NC(=O)COc2cccc([N+](=O)[O-])c2)ccc1Cl. The Morgan fingerprint density at radius 1 is 1.24 bits per heavy atom. The summed E-state index contributed by atoms with van der Waals surface area (Å²) in [5.41, 5.74) is 0.461. The van der Waals surface area contributed by atoms with Gasteiger partial charge in [-0.2, -0.15) is 0 Å². The first kappa shape index (κ1) is 18.2. The molecule has 2 rings (SSSR count). The molecule has 2 N–H and O–H groups in total. The van der Waals surface area contributed by atoms with E-state index in [1.807, 2.05) is 0 Å². The van der Waals surface area contributed by atoms with Crippen LogP contribution < -0.4 is 15.4 Å². The van der Waals surface area contributed by atoms with E-state index in [0.29, 0.717) is 5.69 Å². The Balaban J connectivity index is 2.00. The average Bonchev–Trinajstić information content (AvgIpc) is 2.61. The molecule has 0 unspecified atom stereocenters. The molecule has 2 aromatic rings. The summed E-state index contributed by atoms with van der Waals surface area (Å²) in [6.07, 6.45) is 0. The van der Waals surface area contributed by atoms with Crippen molar-refractivity contribution in [2.24, 2.45) is 0 Å². The highest BCUT2D eigenvalue weighted by Gasteiger charge is 2.12. The van der Waals surface area contributed by atoms with Crippen molar-refractivity contribution in [3.05, 3.63) is 63.2 Å². The van der Waals surface area contributed by atoms with Gasteiger partial charge in [-0.05, 0) is 24.3 Å². The monoisotopic (exact) mass is 363 g/mol. The number of carbonyl (C=O) groups is 2. The lowest BCUT2D eigenvalue weighted by Crippen LogP contribution is -2.21. The summed E-state index contributed by atoms with van der Waals surface area (Å²) in [7, 11) is 1.47. The van der Waals surface area contributed by atoms with Crippen molar-refractivity contribution in [1.29, 1.82) is 0 Å². The molecule has 0 atom stereocenters. The molecule has 0 aromatic heterocycles. The lowest BCUT2D eigenvalue weighted by Gasteiger charge is -2.09. The molecule has 0 aliphatic carbocycles. The van der Waals surface area contributed by atoms with Crippen LogP contribution in [0, 0.1) is 10.1 Å². The smallest absolute Gasteiger partial charge is 0.273 e. The van der Waals surface area contributed by atoms with Gasteiger partial charge in [-0.15, -0.1) is 0 Å². The zero-order chi connectivity index (χ0) is 18.4. The van der Waals surface area contributed by atoms with Gasteiger partial charge in [0, 0.05) is 18.8 Å². The van der Waals surface area contributed by atoms with E-state index in [1.165, 1.54) is 43.4 Å². The van der Waals surface area contributed by atoms with Crippen molar-refractivity contribution in [1.82, 2.24) is 5.32 Å². The summed E-state index contributed by atoms with van der Waals surface area (Å²) in [6, 6.07) is 9.97. The summed E-state index contributed by atoms with van der Waals surface area (Å²) in [5.74, 6) is -0.669. The average molecular weight is 364 g/mol. The van der Waals surface area contributed by atoms with Crippen molar-refractivity contribution < 1.29 is 19.2 Å². The van der Waals surface area contributed by atoms with Gasteiger partial charge >= 0.3 is 0 Å². The number of anilines is 1. The Hall–Kier alpha value is -3.13. The fourth-order valence-electron chi connectivity index (χ4n) is 1.94. The predicted molar refractivity (Wildman–Crippen MR) is 92.1 cm³/mol. The number of carbonyl (C=O) groups excluding carboxylic acids is 2. The van der Waals surface area contributed by atoms with E-state index >= 15 is 0 Å². The topological polar surface area (TPSA) is 111 Å². The van der Waals surface area contributed by atoms with E-state index in [4.69, 9.17) is 16.3 Å². The molecule has 2 aromatic carbocycles. The van der Waals surface area contributed by atoms with Crippen LogP contribution in [-0.4, -0.2) is 30.4 Å². The minimum atomic E-state index is -0.555. The van der Waals surface area contributed by atoms with Crippen LogP contribution in [0.1, 0.15) is 10.4 Å². The quantitative estimate of drug-likeness (QED) is 0.605. The molecule has 0 heterocycles. The minimum Gasteiger partial charge on any atom is -0.484 e. The molecule has 0 fully saturated rings. The number of nitrogens with one attached hydrogen (secondary N) is 2. The van der Waals surface area contributed by atoms with Crippen molar-refractivity contribution in [2.75, 3.05) is 19.0 Å². The Bertz CT molecular complexity index is 825. The molecule has 0 aliphatic heterocycles. The van der Waals surface area contributed by atoms with Gasteiger partial charge in [0.2, 0.25) is 0 Å². The Kier molecular flexibility index (Phi) is 5.91. The van der Waals surface area contributed by atoms with Crippen LogP contribution >= 0.6 is 11.6 Å². The zero-order valence-corrected chi connectivity index (χ0v) is 13.9. The van der Waals surface area contributed by atoms with E-state index in [1.54, 1.807) is 6.07 Å². The maximum Gasteiger partial charge on any atom is 0.273 e. The number of amides is 2. The van der Waals surface area contributed by atoms with Gasteiger partial charge in [0.15, 0.2) is 6.61 Å². The summed E-state index contributed by atoms with van der Waals surface area (Å²) in [5, 5.41) is 16.0. The van der Waals surface area contributed by atoms with Crippen LogP contribution in [0.4, 0.5) is 11.4 Å². The van der Waals surface area contributed by atoms with Gasteiger partial charge < -0.3 is 15.4 Å². The van der Waals surface area contributed by atoms with E-state index < -0.39 is 10.8 Å². The van der Waals surface area contributed by atoms with E-state index in [2.05, 4.69) is 10.6 Å². The summed E-state index contributed by atoms with van der Waals surface area (Å²) >= 11 is 5.93. The van der Waals surface area contributed by atoms with Gasteiger partial charge in [0.1, 0.15) is 5.75 Å². The van der Waals surface area contributed by atoms with Gasteiger partial charge in [-0.1, -0.05) is 17.7 Å². The first-order valence-corrected chi connectivity index (χ1v) is 7.47. The molecule has 25 heavy (non-hydrogen) atoms. The highest BCUT2D eigenvalue weighted by atomic mass is 35.5. The number of nitro benzene ring substituents is 1. The number of rotatable bonds is 6. The second kappa shape index (κ2) is 8.11. The third-order valence-corrected chi connectivity index (χ3v) is 3.45. The van der Waals surface area contributed by atoms with Crippen LogP contribution in [0.5, 0.6) is 5.75 Å². The maximum atomic E-state index is 11.9. The number of ether oxygens (including phenoxy) is 1. The molecular weight excluding hydrogens is 350 g/mol. The molecular formula is C16H14ClN3O5. The van der Waals surface area contributed by atoms with Crippen LogP contribution in [0.25, 0.3) is 0 Å². The summed E-state index contributed by atoms with van der Waals surface area (Å²) in [6.45, 7) is -0.348. The molecule has 9 heteroatoms. The van der Waals surface area contributed by atoms with Crippen LogP contribution in [0.2, 0.25) is 5.02 Å². The van der Waals surface area contributed by atoms with Crippen molar-refractivity contribution in [3.8, 4) is 5.75 Å². The fourth-order valence-corrected chi connectivity index (χ4v) is 2.15. The third-order valence-electron chi connectivity index (χ3n) is 3.12. The lowest BCUT2D eigenvalue weighted by atomic mass is 10.2. The standard InChI is InChI=1S/C16H14ClN3O5/c1-18-16(22)13-7-10(5-6-14(13)17)19-15(21)9-25-12-4-2-3-11(8-12)20(23)24/h2-8H,9H2,1H3,(H,18,22)(H,19,21). The number of nitro groups is 1. The number of non-ortho nitro benzene ring substituents is 1. The first-order chi connectivity index (χ1) is 11.9. The van der Waals surface area contributed by atoms with Crippen LogP contribution in [0.15, 0.2) is 42.5 Å². The van der Waals surface area contributed by atoms with Crippen LogP contribution in [-0.2, 0) is 4.79 Å². The van der Waals surface area contributed by atoms with Gasteiger partial charge in [-0.25, -0.2) is 0 Å². The minimum absolute atomic E-state index is 0.133. The molecule has 8 nitrogen and oxygen atoms in total. The molecule has 2 amide bonds. The Morgan fingerprint density at radius 2 is 2.00 bits per heavy atom. The fraction of sp³-hybridized carbons (Fsp3) is 0.125. The number of nitrogens with zero attached hydrogens (tertiary/aromatic N) is 1. The zero-order valence-electron chi connectivity index (χ0n) is 13.1. The normalized spacial score (nSPS) is 10.0. The Labute approximate surface area is 147 Å². The molecule has 0 bridgehead atoms. The Morgan fingerprint density at radius 3 is 2.68 bits per heavy atom. The molecule has 0 spiro atoms. The summed E-state index contributed by atoms with van der Waals surface area (Å²) in [4.78, 5) is 33.8. The van der Waals surface area contributed by atoms with Crippen molar-refractivity contribution >= 4 is 34.8 Å². The highest BCUT2D eigenvalue weighted by molar-refractivity contribution is 6.34. The number of benzene rings is 2. The number of halogens is 1. The second-order valence-electron chi connectivity index (χ2n) is 4.87. The first-order valence-electron chi connectivity index (χ1n) is 7.09. The molecule has 0 saturated carbocycles. The number of hydrogen-bond donors (Lipinski definition) is 2. The molecule has 130 valence electrons. The van der Waals surface area contributed by atoms with Gasteiger partial charge in [0.05, 0.1) is 21.6 Å². The molecule has 0 saturated heterocycles. The maximum absolute atomic E-state index is 11.9.